The second kappa shape index (κ2) is 6.79. The lowest BCUT2D eigenvalue weighted by Gasteiger charge is -2.28. The zero-order valence-electron chi connectivity index (χ0n) is 15.1. The highest BCUT2D eigenvalue weighted by Gasteiger charge is 2.33. The van der Waals surface area contributed by atoms with Crippen LogP contribution in [0.25, 0.3) is 0 Å². The van der Waals surface area contributed by atoms with Gasteiger partial charge in [-0.05, 0) is 25.8 Å². The van der Waals surface area contributed by atoms with Crippen LogP contribution in [-0.4, -0.2) is 44.7 Å². The lowest BCUT2D eigenvalue weighted by atomic mass is 10.1. The molecule has 1 unspecified atom stereocenters. The summed E-state index contributed by atoms with van der Waals surface area (Å²) in [5, 5.41) is 1.93. The molecular weight excluding hydrogens is 348 g/mol. The van der Waals surface area contributed by atoms with Crippen LogP contribution < -0.4 is 0 Å². The summed E-state index contributed by atoms with van der Waals surface area (Å²) >= 11 is 1.60. The molecule has 1 atom stereocenters. The molecule has 0 spiro atoms. The fraction of sp³-hybridized carbons (Fsp3) is 0.474. The molecule has 2 amide bonds. The van der Waals surface area contributed by atoms with Crippen molar-refractivity contribution in [2.45, 2.75) is 45.7 Å². The highest BCUT2D eigenvalue weighted by Crippen LogP contribution is 2.32. The minimum absolute atomic E-state index is 0.0566. The number of amides is 2. The Morgan fingerprint density at radius 2 is 2.15 bits per heavy atom. The van der Waals surface area contributed by atoms with Crippen molar-refractivity contribution in [2.24, 2.45) is 0 Å². The van der Waals surface area contributed by atoms with Gasteiger partial charge in [0.2, 0.25) is 5.91 Å². The van der Waals surface area contributed by atoms with E-state index in [1.54, 1.807) is 18.3 Å². The van der Waals surface area contributed by atoms with Gasteiger partial charge in [-0.25, -0.2) is 9.97 Å². The summed E-state index contributed by atoms with van der Waals surface area (Å²) < 4.78 is 0. The lowest BCUT2D eigenvalue weighted by molar-refractivity contribution is -0.129. The summed E-state index contributed by atoms with van der Waals surface area (Å²) in [4.78, 5) is 38.7. The van der Waals surface area contributed by atoms with E-state index in [4.69, 9.17) is 4.98 Å². The second-order valence-corrected chi connectivity index (χ2v) is 8.11. The maximum Gasteiger partial charge on any atom is 0.255 e. The number of likely N-dealkylation sites (tertiary alicyclic amines) is 1. The highest BCUT2D eigenvalue weighted by atomic mass is 32.1. The molecule has 4 rings (SSSR count). The monoisotopic (exact) mass is 370 g/mol. The molecule has 2 aromatic rings. The van der Waals surface area contributed by atoms with Crippen molar-refractivity contribution in [3.63, 3.8) is 0 Å². The molecule has 0 N–H and O–H groups in total. The molecule has 0 saturated carbocycles. The third-order valence-corrected chi connectivity index (χ3v) is 6.05. The summed E-state index contributed by atoms with van der Waals surface area (Å²) in [7, 11) is 0. The summed E-state index contributed by atoms with van der Waals surface area (Å²) in [5.74, 6) is 0.886. The van der Waals surface area contributed by atoms with Gasteiger partial charge in [0.25, 0.3) is 5.91 Å². The Morgan fingerprint density at radius 1 is 1.31 bits per heavy atom. The predicted octanol–water partition coefficient (Wildman–Crippen LogP) is 2.73. The van der Waals surface area contributed by atoms with Crippen molar-refractivity contribution in [2.75, 3.05) is 13.1 Å². The molecule has 0 radical (unpaired) electrons. The molecule has 0 aromatic carbocycles. The summed E-state index contributed by atoms with van der Waals surface area (Å²) in [5.41, 5.74) is 2.78. The van der Waals surface area contributed by atoms with Gasteiger partial charge in [-0.2, -0.15) is 0 Å². The Bertz CT molecular complexity index is 863. The summed E-state index contributed by atoms with van der Waals surface area (Å²) in [6.45, 7) is 5.62. The first-order chi connectivity index (χ1) is 12.5. The number of nitrogens with zero attached hydrogens (tertiary/aromatic N) is 4. The zero-order valence-corrected chi connectivity index (χ0v) is 15.9. The second-order valence-electron chi connectivity index (χ2n) is 6.99. The minimum atomic E-state index is -0.0566. The van der Waals surface area contributed by atoms with E-state index in [0.717, 1.165) is 53.3 Å². The third kappa shape index (κ3) is 3.11. The first kappa shape index (κ1) is 17.1. The lowest BCUT2D eigenvalue weighted by Crippen LogP contribution is -2.36. The minimum Gasteiger partial charge on any atom is -0.338 e. The number of aryl methyl sites for hydroxylation is 1. The van der Waals surface area contributed by atoms with Crippen molar-refractivity contribution in [3.05, 3.63) is 45.2 Å². The molecule has 0 aliphatic carbocycles. The van der Waals surface area contributed by atoms with Crippen LogP contribution in [0.15, 0.2) is 17.6 Å². The van der Waals surface area contributed by atoms with Gasteiger partial charge in [-0.3, -0.25) is 9.59 Å². The maximum absolute atomic E-state index is 12.9. The van der Waals surface area contributed by atoms with Crippen LogP contribution in [0.4, 0.5) is 0 Å². The van der Waals surface area contributed by atoms with Gasteiger partial charge in [-0.15, -0.1) is 11.3 Å². The van der Waals surface area contributed by atoms with Crippen molar-refractivity contribution in [3.8, 4) is 0 Å². The molecule has 4 heterocycles. The number of thiophene rings is 1. The van der Waals surface area contributed by atoms with Gasteiger partial charge in [-0.1, -0.05) is 0 Å². The first-order valence-corrected chi connectivity index (χ1v) is 9.87. The molecule has 6 nitrogen and oxygen atoms in total. The number of carbonyl (C=O) groups is 2. The van der Waals surface area contributed by atoms with Gasteiger partial charge < -0.3 is 9.80 Å². The van der Waals surface area contributed by atoms with E-state index < -0.39 is 0 Å². The number of carbonyl (C=O) groups excluding carboxylic acids is 2. The molecule has 136 valence electrons. The highest BCUT2D eigenvalue weighted by molar-refractivity contribution is 7.10. The van der Waals surface area contributed by atoms with E-state index in [-0.39, 0.29) is 17.9 Å². The van der Waals surface area contributed by atoms with Crippen LogP contribution in [0, 0.1) is 6.92 Å². The van der Waals surface area contributed by atoms with Gasteiger partial charge in [0.1, 0.15) is 0 Å². The third-order valence-electron chi connectivity index (χ3n) is 5.19. The number of hydrogen-bond donors (Lipinski definition) is 0. The standard InChI is InChI=1S/C19H22N4O2S/c1-12-8-14(11-26-12)19(25)23-6-3-4-17(23)18-20-9-15-10-22(13(2)24)7-5-16(15)21-18/h8-9,11,17H,3-7,10H2,1-2H3. The van der Waals surface area contributed by atoms with E-state index in [0.29, 0.717) is 13.1 Å². The molecule has 1 saturated heterocycles. The van der Waals surface area contributed by atoms with E-state index in [9.17, 15) is 9.59 Å². The average Bonchev–Trinajstić information content (AvgIpc) is 3.29. The van der Waals surface area contributed by atoms with Crippen LogP contribution in [-0.2, 0) is 17.8 Å². The molecule has 26 heavy (non-hydrogen) atoms. The fourth-order valence-corrected chi connectivity index (χ4v) is 4.44. The van der Waals surface area contributed by atoms with Crippen LogP contribution in [0.1, 0.15) is 58.1 Å². The molecule has 7 heteroatoms. The van der Waals surface area contributed by atoms with Crippen molar-refractivity contribution >= 4 is 23.2 Å². The Morgan fingerprint density at radius 3 is 2.88 bits per heavy atom. The fourth-order valence-electron chi connectivity index (χ4n) is 3.76. The van der Waals surface area contributed by atoms with E-state index in [2.05, 4.69) is 4.98 Å². The number of hydrogen-bond acceptors (Lipinski definition) is 5. The average molecular weight is 370 g/mol. The molecule has 2 aliphatic heterocycles. The first-order valence-electron chi connectivity index (χ1n) is 8.99. The number of rotatable bonds is 2. The molecule has 2 aliphatic rings. The van der Waals surface area contributed by atoms with Gasteiger partial charge in [0, 0.05) is 55.0 Å². The largest absolute Gasteiger partial charge is 0.338 e. The predicted molar refractivity (Wildman–Crippen MR) is 98.9 cm³/mol. The molecular formula is C19H22N4O2S. The zero-order chi connectivity index (χ0) is 18.3. The summed E-state index contributed by atoms with van der Waals surface area (Å²) in [6.07, 6.45) is 4.45. The molecule has 0 bridgehead atoms. The van der Waals surface area contributed by atoms with Crippen LogP contribution >= 0.6 is 11.3 Å². The molecule has 1 fully saturated rings. The van der Waals surface area contributed by atoms with E-state index in [1.165, 1.54) is 0 Å². The van der Waals surface area contributed by atoms with Crippen LogP contribution in [0.3, 0.4) is 0 Å². The van der Waals surface area contributed by atoms with Gasteiger partial charge in [0.05, 0.1) is 17.3 Å². The number of aromatic nitrogens is 2. The van der Waals surface area contributed by atoms with Crippen LogP contribution in [0.5, 0.6) is 0 Å². The van der Waals surface area contributed by atoms with E-state index >= 15 is 0 Å². The van der Waals surface area contributed by atoms with E-state index in [1.807, 2.05) is 34.4 Å². The van der Waals surface area contributed by atoms with Gasteiger partial charge in [0.15, 0.2) is 5.82 Å². The topological polar surface area (TPSA) is 66.4 Å². The Labute approximate surface area is 156 Å². The Balaban J connectivity index is 1.57. The smallest absolute Gasteiger partial charge is 0.255 e. The van der Waals surface area contributed by atoms with Crippen LogP contribution in [0.2, 0.25) is 0 Å². The molecule has 2 aromatic heterocycles. The van der Waals surface area contributed by atoms with Crippen molar-refractivity contribution < 1.29 is 9.59 Å². The number of fused-ring (bicyclic) bond motifs is 1. The quantitative estimate of drug-likeness (QED) is 0.815. The Kier molecular flexibility index (Phi) is 4.48. The van der Waals surface area contributed by atoms with Gasteiger partial charge >= 0.3 is 0 Å². The van der Waals surface area contributed by atoms with Crippen molar-refractivity contribution in [1.82, 2.24) is 19.8 Å². The van der Waals surface area contributed by atoms with Crippen molar-refractivity contribution in [1.29, 1.82) is 0 Å². The summed E-state index contributed by atoms with van der Waals surface area (Å²) in [6, 6.07) is 1.89. The SMILES string of the molecule is CC(=O)N1CCc2nc(C3CCCN3C(=O)c3csc(C)c3)ncc2C1. The maximum atomic E-state index is 12.9. The Hall–Kier alpha value is -2.28. The normalized spacial score (nSPS) is 19.5.